The third kappa shape index (κ3) is 2.65. The van der Waals surface area contributed by atoms with Crippen molar-refractivity contribution in [3.63, 3.8) is 0 Å². The molecule has 1 amide bonds. The Morgan fingerprint density at radius 1 is 1.36 bits per heavy atom. The summed E-state index contributed by atoms with van der Waals surface area (Å²) in [4.78, 5) is 17.0. The molecule has 25 heavy (non-hydrogen) atoms. The van der Waals surface area contributed by atoms with E-state index in [9.17, 15) is 4.79 Å². The third-order valence-corrected chi connectivity index (χ3v) is 5.76. The van der Waals surface area contributed by atoms with Crippen LogP contribution >= 0.6 is 0 Å². The number of nitrogens with one attached hydrogen (secondary N) is 1. The lowest BCUT2D eigenvalue weighted by atomic mass is 10.0. The molecule has 1 saturated heterocycles. The molecule has 2 atom stereocenters. The van der Waals surface area contributed by atoms with Crippen molar-refractivity contribution in [2.75, 3.05) is 19.8 Å². The van der Waals surface area contributed by atoms with Gasteiger partial charge >= 0.3 is 0 Å². The maximum absolute atomic E-state index is 12.8. The molecule has 0 spiro atoms. The maximum Gasteiger partial charge on any atom is 0.272 e. The molecule has 2 aromatic rings. The van der Waals surface area contributed by atoms with Gasteiger partial charge in [-0.3, -0.25) is 9.78 Å². The van der Waals surface area contributed by atoms with E-state index in [4.69, 9.17) is 4.74 Å². The first-order valence-electron chi connectivity index (χ1n) is 9.19. The van der Waals surface area contributed by atoms with Gasteiger partial charge in [-0.15, -0.1) is 0 Å². The predicted molar refractivity (Wildman–Crippen MR) is 91.8 cm³/mol. The summed E-state index contributed by atoms with van der Waals surface area (Å²) in [5.41, 5.74) is 3.93. The number of aromatic nitrogens is 3. The summed E-state index contributed by atoms with van der Waals surface area (Å²) in [5.74, 6) is 1.75. The summed E-state index contributed by atoms with van der Waals surface area (Å²) in [7, 11) is 0. The number of carbonyl (C=O) groups excluding carboxylic acids is 1. The SMILES string of the molecule is O=C(NCC1CCOCC1)c1nn(-c2cccnc2)c2c1C[C@H]1C[C@@H]21. The molecule has 2 aliphatic carbocycles. The fourth-order valence-electron chi connectivity index (χ4n) is 4.25. The Labute approximate surface area is 146 Å². The van der Waals surface area contributed by atoms with E-state index in [1.165, 1.54) is 12.1 Å². The zero-order chi connectivity index (χ0) is 16.8. The van der Waals surface area contributed by atoms with Gasteiger partial charge in [-0.2, -0.15) is 5.10 Å². The highest BCUT2D eigenvalue weighted by molar-refractivity contribution is 5.94. The molecule has 0 radical (unpaired) electrons. The molecule has 5 rings (SSSR count). The molecule has 2 aromatic heterocycles. The van der Waals surface area contributed by atoms with Crippen molar-refractivity contribution in [3.05, 3.63) is 41.5 Å². The maximum atomic E-state index is 12.8. The average Bonchev–Trinajstić information content (AvgIpc) is 3.17. The van der Waals surface area contributed by atoms with Gasteiger partial charge in [-0.05, 0) is 49.7 Å². The van der Waals surface area contributed by atoms with E-state index >= 15 is 0 Å². The molecule has 0 aromatic carbocycles. The van der Waals surface area contributed by atoms with E-state index < -0.39 is 0 Å². The van der Waals surface area contributed by atoms with Crippen molar-refractivity contribution in [2.45, 2.75) is 31.6 Å². The second-order valence-electron chi connectivity index (χ2n) is 7.41. The highest BCUT2D eigenvalue weighted by atomic mass is 16.5. The third-order valence-electron chi connectivity index (χ3n) is 5.76. The molecule has 3 aliphatic rings. The van der Waals surface area contributed by atoms with Crippen LogP contribution in [0, 0.1) is 11.8 Å². The van der Waals surface area contributed by atoms with Crippen LogP contribution in [-0.2, 0) is 11.2 Å². The van der Waals surface area contributed by atoms with Crippen molar-refractivity contribution in [1.29, 1.82) is 0 Å². The molecule has 0 unspecified atom stereocenters. The normalized spacial score (nSPS) is 24.6. The minimum Gasteiger partial charge on any atom is -0.381 e. The summed E-state index contributed by atoms with van der Waals surface area (Å²) in [6.07, 6.45) is 7.82. The number of hydrogen-bond acceptors (Lipinski definition) is 4. The van der Waals surface area contributed by atoms with E-state index in [1.54, 1.807) is 6.20 Å². The van der Waals surface area contributed by atoms with Crippen molar-refractivity contribution in [1.82, 2.24) is 20.1 Å². The summed E-state index contributed by atoms with van der Waals surface area (Å²) >= 11 is 0. The number of nitrogens with zero attached hydrogens (tertiary/aromatic N) is 3. The van der Waals surface area contributed by atoms with Crippen molar-refractivity contribution >= 4 is 5.91 Å². The van der Waals surface area contributed by atoms with Crippen molar-refractivity contribution in [3.8, 4) is 5.69 Å². The number of carbonyl (C=O) groups is 1. The molecular weight excluding hydrogens is 316 g/mol. The number of pyridine rings is 1. The van der Waals surface area contributed by atoms with Crippen LogP contribution in [0.5, 0.6) is 0 Å². The minimum absolute atomic E-state index is 0.0355. The van der Waals surface area contributed by atoms with Crippen LogP contribution < -0.4 is 5.32 Å². The van der Waals surface area contributed by atoms with Crippen LogP contribution in [0.4, 0.5) is 0 Å². The monoisotopic (exact) mass is 338 g/mol. The second kappa shape index (κ2) is 5.95. The summed E-state index contributed by atoms with van der Waals surface area (Å²) in [6.45, 7) is 2.31. The van der Waals surface area contributed by atoms with Crippen LogP contribution in [0.3, 0.4) is 0 Å². The number of rotatable bonds is 4. The lowest BCUT2D eigenvalue weighted by molar-refractivity contribution is 0.0642. The van der Waals surface area contributed by atoms with E-state index in [0.29, 0.717) is 30.0 Å². The van der Waals surface area contributed by atoms with Gasteiger partial charge in [0.05, 0.1) is 17.6 Å². The van der Waals surface area contributed by atoms with Gasteiger partial charge in [-0.25, -0.2) is 4.68 Å². The second-order valence-corrected chi connectivity index (χ2v) is 7.41. The van der Waals surface area contributed by atoms with Gasteiger partial charge in [0.2, 0.25) is 0 Å². The van der Waals surface area contributed by atoms with Crippen LogP contribution in [0.25, 0.3) is 5.69 Å². The molecule has 6 nitrogen and oxygen atoms in total. The Kier molecular flexibility index (Phi) is 3.59. The summed E-state index contributed by atoms with van der Waals surface area (Å²) in [5, 5.41) is 7.79. The first-order chi connectivity index (χ1) is 12.3. The molecule has 1 saturated carbocycles. The Balaban J connectivity index is 1.40. The quantitative estimate of drug-likeness (QED) is 0.927. The Morgan fingerprint density at radius 2 is 2.24 bits per heavy atom. The molecular formula is C19H22N4O2. The van der Waals surface area contributed by atoms with Gasteiger partial charge in [0, 0.05) is 37.4 Å². The van der Waals surface area contributed by atoms with Crippen LogP contribution in [0.1, 0.15) is 46.9 Å². The molecule has 1 aliphatic heterocycles. The van der Waals surface area contributed by atoms with Crippen molar-refractivity contribution < 1.29 is 9.53 Å². The van der Waals surface area contributed by atoms with E-state index in [2.05, 4.69) is 15.4 Å². The summed E-state index contributed by atoms with van der Waals surface area (Å²) in [6, 6.07) is 3.91. The fourth-order valence-corrected chi connectivity index (χ4v) is 4.25. The zero-order valence-corrected chi connectivity index (χ0v) is 14.1. The lowest BCUT2D eigenvalue weighted by Crippen LogP contribution is -2.32. The smallest absolute Gasteiger partial charge is 0.272 e. The highest BCUT2D eigenvalue weighted by Crippen LogP contribution is 2.57. The first-order valence-corrected chi connectivity index (χ1v) is 9.19. The predicted octanol–water partition coefficient (Wildman–Crippen LogP) is 2.08. The fraction of sp³-hybridized carbons (Fsp3) is 0.526. The topological polar surface area (TPSA) is 69.0 Å². The molecule has 0 bridgehead atoms. The van der Waals surface area contributed by atoms with Crippen molar-refractivity contribution in [2.24, 2.45) is 11.8 Å². The van der Waals surface area contributed by atoms with E-state index in [0.717, 1.165) is 43.7 Å². The Morgan fingerprint density at radius 3 is 3.04 bits per heavy atom. The molecule has 2 fully saturated rings. The van der Waals surface area contributed by atoms with E-state index in [1.807, 2.05) is 23.0 Å². The van der Waals surface area contributed by atoms with E-state index in [-0.39, 0.29) is 5.91 Å². The zero-order valence-electron chi connectivity index (χ0n) is 14.1. The van der Waals surface area contributed by atoms with Gasteiger partial charge in [0.1, 0.15) is 0 Å². The molecule has 3 heterocycles. The Bertz CT molecular complexity index is 795. The minimum atomic E-state index is -0.0355. The largest absolute Gasteiger partial charge is 0.381 e. The molecule has 130 valence electrons. The van der Waals surface area contributed by atoms with Gasteiger partial charge in [-0.1, -0.05) is 0 Å². The highest BCUT2D eigenvalue weighted by Gasteiger charge is 2.50. The summed E-state index contributed by atoms with van der Waals surface area (Å²) < 4.78 is 7.33. The molecule has 1 N–H and O–H groups in total. The van der Waals surface area contributed by atoms with Crippen LogP contribution in [0.2, 0.25) is 0 Å². The number of fused-ring (bicyclic) bond motifs is 3. The number of amides is 1. The average molecular weight is 338 g/mol. The van der Waals surface area contributed by atoms with Crippen LogP contribution in [0.15, 0.2) is 24.5 Å². The standard InChI is InChI=1S/C19H22N4O2/c24-19(21-10-12-3-6-25-7-4-12)17-16-9-13-8-15(13)18(16)23(22-17)14-2-1-5-20-11-14/h1-2,5,11-13,15H,3-4,6-10H2,(H,21,24)/t13-,15-/m1/s1. The Hall–Kier alpha value is -2.21. The number of hydrogen-bond donors (Lipinski definition) is 1. The molecule has 6 heteroatoms. The van der Waals surface area contributed by atoms with Gasteiger partial charge < -0.3 is 10.1 Å². The van der Waals surface area contributed by atoms with Gasteiger partial charge in [0.15, 0.2) is 5.69 Å². The number of ether oxygens (including phenoxy) is 1. The lowest BCUT2D eigenvalue weighted by Gasteiger charge is -2.22. The van der Waals surface area contributed by atoms with Crippen LogP contribution in [-0.4, -0.2) is 40.4 Å². The van der Waals surface area contributed by atoms with Gasteiger partial charge in [0.25, 0.3) is 5.91 Å². The first kappa shape index (κ1) is 15.1.